The predicted octanol–water partition coefficient (Wildman–Crippen LogP) is 2.04. The Hall–Kier alpha value is -0.380. The first-order valence-corrected chi connectivity index (χ1v) is 7.28. The molecule has 0 saturated heterocycles. The lowest BCUT2D eigenvalue weighted by Gasteiger charge is -2.38. The van der Waals surface area contributed by atoms with E-state index in [0.29, 0.717) is 18.1 Å². The first kappa shape index (κ1) is 10.8. The average Bonchev–Trinajstić information content (AvgIpc) is 2.79. The van der Waals surface area contributed by atoms with Gasteiger partial charge in [-0.25, -0.2) is 0 Å². The van der Waals surface area contributed by atoms with Crippen molar-refractivity contribution in [2.45, 2.75) is 43.8 Å². The van der Waals surface area contributed by atoms with Crippen molar-refractivity contribution in [2.75, 3.05) is 13.6 Å². The molecule has 1 fully saturated rings. The third-order valence-electron chi connectivity index (χ3n) is 3.90. The highest BCUT2D eigenvalue weighted by Gasteiger charge is 2.38. The molecular weight excluding hydrogens is 218 g/mol. The summed E-state index contributed by atoms with van der Waals surface area (Å²) in [5.74, 6) is 0.705. The Bertz CT molecular complexity index is 363. The monoisotopic (exact) mass is 238 g/mol. The zero-order chi connectivity index (χ0) is 11.0. The number of thiophene rings is 1. The van der Waals surface area contributed by atoms with Crippen LogP contribution in [0.15, 0.2) is 11.4 Å². The fourth-order valence-corrected chi connectivity index (χ4v) is 4.28. The molecule has 1 aromatic heterocycles. The number of hydrogen-bond acceptors (Lipinski definition) is 2. The molecule has 1 aromatic rings. The second kappa shape index (κ2) is 4.47. The second-order valence-electron chi connectivity index (χ2n) is 4.94. The Balaban J connectivity index is 1.92. The third kappa shape index (κ3) is 1.71. The van der Waals surface area contributed by atoms with Gasteiger partial charge in [-0.3, -0.25) is 0 Å². The molecule has 0 spiro atoms. The minimum atomic E-state index is 0.339. The average molecular weight is 238 g/mol. The number of rotatable bonds is 2. The highest BCUT2D eigenvalue weighted by Crippen LogP contribution is 2.46. The van der Waals surface area contributed by atoms with Crippen LogP contribution in [0.4, 0.5) is 0 Å². The first-order chi connectivity index (χ1) is 7.90. The van der Waals surface area contributed by atoms with Crippen LogP contribution in [-0.4, -0.2) is 19.7 Å². The van der Waals surface area contributed by atoms with Crippen LogP contribution in [-0.2, 0) is 4.74 Å². The van der Waals surface area contributed by atoms with Crippen molar-refractivity contribution >= 4 is 11.3 Å². The second-order valence-corrected chi connectivity index (χ2v) is 5.89. The van der Waals surface area contributed by atoms with Gasteiger partial charge in [0.05, 0.1) is 13.2 Å². The zero-order valence-corrected chi connectivity index (χ0v) is 10.6. The smallest absolute Gasteiger partial charge is 0.133 e. The SMILES string of the molecule is C[NH2+]C[C@H]1O[C@H]2CCCC[C@@H]2c2sccc21. The summed E-state index contributed by atoms with van der Waals surface area (Å²) in [7, 11) is 2.13. The minimum Gasteiger partial charge on any atom is -0.364 e. The molecule has 2 nitrogen and oxygen atoms in total. The van der Waals surface area contributed by atoms with Gasteiger partial charge in [0.1, 0.15) is 12.6 Å². The summed E-state index contributed by atoms with van der Waals surface area (Å²) < 4.78 is 6.29. The summed E-state index contributed by atoms with van der Waals surface area (Å²) in [6, 6.07) is 2.28. The van der Waals surface area contributed by atoms with Crippen LogP contribution in [0.1, 0.15) is 48.1 Å². The molecule has 3 heteroatoms. The zero-order valence-electron chi connectivity index (χ0n) is 9.82. The van der Waals surface area contributed by atoms with Gasteiger partial charge in [0.2, 0.25) is 0 Å². The molecule has 1 aliphatic carbocycles. The van der Waals surface area contributed by atoms with Gasteiger partial charge < -0.3 is 10.1 Å². The molecule has 1 aliphatic heterocycles. The molecule has 2 N–H and O–H groups in total. The van der Waals surface area contributed by atoms with Crippen molar-refractivity contribution in [3.8, 4) is 0 Å². The molecular formula is C13H20NOS+. The maximum Gasteiger partial charge on any atom is 0.133 e. The van der Waals surface area contributed by atoms with E-state index in [-0.39, 0.29) is 0 Å². The fraction of sp³-hybridized carbons (Fsp3) is 0.692. The van der Waals surface area contributed by atoms with Crippen LogP contribution in [0.2, 0.25) is 0 Å². The number of quaternary nitrogens is 1. The van der Waals surface area contributed by atoms with Gasteiger partial charge in [0.15, 0.2) is 0 Å². The van der Waals surface area contributed by atoms with Crippen molar-refractivity contribution in [3.63, 3.8) is 0 Å². The number of nitrogens with two attached hydrogens (primary N) is 1. The van der Waals surface area contributed by atoms with Crippen LogP contribution in [0.3, 0.4) is 0 Å². The van der Waals surface area contributed by atoms with E-state index in [4.69, 9.17) is 4.74 Å². The maximum atomic E-state index is 6.29. The molecule has 0 aromatic carbocycles. The quantitative estimate of drug-likeness (QED) is 0.838. The molecule has 88 valence electrons. The number of fused-ring (bicyclic) bond motifs is 3. The lowest BCUT2D eigenvalue weighted by molar-refractivity contribution is -0.636. The summed E-state index contributed by atoms with van der Waals surface area (Å²) in [6.45, 7) is 1.06. The van der Waals surface area contributed by atoms with E-state index in [9.17, 15) is 0 Å². The molecule has 0 bridgehead atoms. The van der Waals surface area contributed by atoms with E-state index in [1.54, 1.807) is 4.88 Å². The van der Waals surface area contributed by atoms with Crippen LogP contribution in [0.25, 0.3) is 0 Å². The molecule has 0 radical (unpaired) electrons. The number of ether oxygens (including phenoxy) is 1. The van der Waals surface area contributed by atoms with E-state index < -0.39 is 0 Å². The van der Waals surface area contributed by atoms with Crippen LogP contribution >= 0.6 is 11.3 Å². The normalized spacial score (nSPS) is 33.2. The summed E-state index contributed by atoms with van der Waals surface area (Å²) >= 11 is 1.95. The van der Waals surface area contributed by atoms with Gasteiger partial charge in [-0.2, -0.15) is 0 Å². The Morgan fingerprint density at radius 1 is 1.44 bits per heavy atom. The van der Waals surface area contributed by atoms with Gasteiger partial charge in [-0.15, -0.1) is 11.3 Å². The van der Waals surface area contributed by atoms with E-state index in [0.717, 1.165) is 6.54 Å². The molecule has 2 aliphatic rings. The van der Waals surface area contributed by atoms with Gasteiger partial charge >= 0.3 is 0 Å². The summed E-state index contributed by atoms with van der Waals surface area (Å²) in [4.78, 5) is 1.63. The van der Waals surface area contributed by atoms with Crippen molar-refractivity contribution in [3.05, 3.63) is 21.9 Å². The van der Waals surface area contributed by atoms with Crippen LogP contribution in [0.5, 0.6) is 0 Å². The molecule has 0 unspecified atom stereocenters. The van der Waals surface area contributed by atoms with Crippen molar-refractivity contribution in [1.29, 1.82) is 0 Å². The van der Waals surface area contributed by atoms with Crippen LogP contribution in [0, 0.1) is 0 Å². The number of hydrogen-bond donors (Lipinski definition) is 1. The first-order valence-electron chi connectivity index (χ1n) is 6.40. The van der Waals surface area contributed by atoms with Gasteiger partial charge in [-0.1, -0.05) is 12.8 Å². The highest BCUT2D eigenvalue weighted by atomic mass is 32.1. The lowest BCUT2D eigenvalue weighted by Crippen LogP contribution is -2.81. The van der Waals surface area contributed by atoms with E-state index in [1.165, 1.54) is 31.2 Å². The standard InChI is InChI=1S/C13H19NOS/c1-14-8-12-10-6-7-16-13(10)9-4-2-3-5-11(9)15-12/h6-7,9,11-12,14H,2-5,8H2,1H3/p+1/t9-,11-,12+/m0/s1. The maximum absolute atomic E-state index is 6.29. The van der Waals surface area contributed by atoms with Gasteiger partial charge in [0.25, 0.3) is 0 Å². The van der Waals surface area contributed by atoms with Crippen LogP contribution < -0.4 is 5.32 Å². The molecule has 3 atom stereocenters. The van der Waals surface area contributed by atoms with E-state index >= 15 is 0 Å². The van der Waals surface area contributed by atoms with Crippen molar-refractivity contribution in [1.82, 2.24) is 0 Å². The summed E-state index contributed by atoms with van der Waals surface area (Å²) in [5, 5.41) is 4.48. The molecule has 0 amide bonds. The third-order valence-corrected chi connectivity index (χ3v) is 4.97. The van der Waals surface area contributed by atoms with E-state index in [2.05, 4.69) is 23.8 Å². The number of likely N-dealkylation sites (N-methyl/N-ethyl adjacent to an activating group) is 1. The Kier molecular flexibility index (Phi) is 3.01. The fourth-order valence-electron chi connectivity index (χ4n) is 3.14. The Morgan fingerprint density at radius 3 is 3.19 bits per heavy atom. The summed E-state index contributed by atoms with van der Waals surface area (Å²) in [5.41, 5.74) is 1.48. The molecule has 16 heavy (non-hydrogen) atoms. The minimum absolute atomic E-state index is 0.339. The van der Waals surface area contributed by atoms with Gasteiger partial charge in [0, 0.05) is 16.4 Å². The van der Waals surface area contributed by atoms with Crippen molar-refractivity contribution in [2.24, 2.45) is 0 Å². The van der Waals surface area contributed by atoms with E-state index in [1.807, 2.05) is 11.3 Å². The Morgan fingerprint density at radius 2 is 2.31 bits per heavy atom. The topological polar surface area (TPSA) is 25.8 Å². The molecule has 1 saturated carbocycles. The Labute approximate surface area is 101 Å². The van der Waals surface area contributed by atoms with Crippen molar-refractivity contribution < 1.29 is 10.1 Å². The predicted molar refractivity (Wildman–Crippen MR) is 65.9 cm³/mol. The largest absolute Gasteiger partial charge is 0.364 e. The molecule has 2 heterocycles. The molecule has 3 rings (SSSR count). The lowest BCUT2D eigenvalue weighted by atomic mass is 9.81. The summed E-state index contributed by atoms with van der Waals surface area (Å²) in [6.07, 6.45) is 6.18. The highest BCUT2D eigenvalue weighted by molar-refractivity contribution is 7.10. The van der Waals surface area contributed by atoms with Gasteiger partial charge in [-0.05, 0) is 24.3 Å².